The van der Waals surface area contributed by atoms with Gasteiger partial charge < -0.3 is 14.8 Å². The summed E-state index contributed by atoms with van der Waals surface area (Å²) in [4.78, 5) is 11.3. The number of nitrogens with one attached hydrogen (secondary N) is 1. The molecule has 0 radical (unpaired) electrons. The second-order valence-corrected chi connectivity index (χ2v) is 5.09. The van der Waals surface area contributed by atoms with Crippen LogP contribution in [0.1, 0.15) is 32.1 Å². The first-order valence-corrected chi connectivity index (χ1v) is 5.77. The van der Waals surface area contributed by atoms with Crippen molar-refractivity contribution in [2.75, 3.05) is 19.8 Å². The third kappa shape index (κ3) is 1.56. The van der Waals surface area contributed by atoms with Crippen LogP contribution in [-0.2, 0) is 14.3 Å². The van der Waals surface area contributed by atoms with E-state index in [9.17, 15) is 4.79 Å². The van der Waals surface area contributed by atoms with Gasteiger partial charge in [0.2, 0.25) is 5.91 Å². The van der Waals surface area contributed by atoms with Crippen molar-refractivity contribution in [3.05, 3.63) is 0 Å². The summed E-state index contributed by atoms with van der Waals surface area (Å²) in [5.41, 5.74) is 0.111. The van der Waals surface area contributed by atoms with Gasteiger partial charge in [-0.25, -0.2) is 0 Å². The molecule has 0 aromatic rings. The molecule has 2 saturated heterocycles. The fourth-order valence-corrected chi connectivity index (χ4v) is 3.28. The van der Waals surface area contributed by atoms with Crippen LogP contribution in [0.3, 0.4) is 0 Å². The molecule has 0 aromatic heterocycles. The Labute approximate surface area is 89.3 Å². The highest BCUT2D eigenvalue weighted by molar-refractivity contribution is 5.79. The van der Waals surface area contributed by atoms with E-state index < -0.39 is 0 Å². The predicted molar refractivity (Wildman–Crippen MR) is 53.2 cm³/mol. The zero-order chi connectivity index (χ0) is 10.4. The topological polar surface area (TPSA) is 47.6 Å². The minimum atomic E-state index is -0.357. The molecular weight excluding hydrogens is 194 g/mol. The molecule has 84 valence electrons. The van der Waals surface area contributed by atoms with Crippen LogP contribution in [0.15, 0.2) is 0 Å². The summed E-state index contributed by atoms with van der Waals surface area (Å²) in [5.74, 6) is -0.171. The normalized spacial score (nSPS) is 38.8. The molecule has 1 unspecified atom stereocenters. The molecule has 2 spiro atoms. The Morgan fingerprint density at radius 2 is 2.00 bits per heavy atom. The zero-order valence-electron chi connectivity index (χ0n) is 8.88. The van der Waals surface area contributed by atoms with Crippen LogP contribution in [0.25, 0.3) is 0 Å². The number of rotatable bonds is 0. The van der Waals surface area contributed by atoms with Gasteiger partial charge in [-0.15, -0.1) is 0 Å². The first-order valence-electron chi connectivity index (χ1n) is 5.77. The van der Waals surface area contributed by atoms with E-state index in [1.165, 1.54) is 0 Å². The third-order valence-electron chi connectivity index (χ3n) is 3.92. The lowest BCUT2D eigenvalue weighted by atomic mass is 9.71. The summed E-state index contributed by atoms with van der Waals surface area (Å²) in [6.07, 6.45) is 4.76. The fourth-order valence-electron chi connectivity index (χ4n) is 3.28. The van der Waals surface area contributed by atoms with Gasteiger partial charge in [0.05, 0.1) is 13.2 Å². The number of hydrogen-bond acceptors (Lipinski definition) is 3. The Morgan fingerprint density at radius 3 is 2.67 bits per heavy atom. The molecular formula is C11H17NO3. The summed E-state index contributed by atoms with van der Waals surface area (Å²) >= 11 is 0. The lowest BCUT2D eigenvalue weighted by molar-refractivity contribution is -0.199. The highest BCUT2D eigenvalue weighted by Gasteiger charge is 2.51. The van der Waals surface area contributed by atoms with Crippen LogP contribution >= 0.6 is 0 Å². The number of carbonyl (C=O) groups is 1. The van der Waals surface area contributed by atoms with E-state index in [1.54, 1.807) is 0 Å². The first-order chi connectivity index (χ1) is 7.22. The number of hydrogen-bond donors (Lipinski definition) is 1. The van der Waals surface area contributed by atoms with E-state index in [-0.39, 0.29) is 17.1 Å². The maximum absolute atomic E-state index is 11.3. The summed E-state index contributed by atoms with van der Waals surface area (Å²) < 4.78 is 11.5. The van der Waals surface area contributed by atoms with Gasteiger partial charge in [-0.1, -0.05) is 0 Å². The van der Waals surface area contributed by atoms with Gasteiger partial charge in [-0.3, -0.25) is 4.79 Å². The number of amides is 1. The van der Waals surface area contributed by atoms with Crippen LogP contribution in [0.4, 0.5) is 0 Å². The Kier molecular flexibility index (Phi) is 2.04. The molecule has 2 aliphatic heterocycles. The van der Waals surface area contributed by atoms with E-state index in [0.717, 1.165) is 32.2 Å². The Bertz CT molecular complexity index is 286. The van der Waals surface area contributed by atoms with Gasteiger partial charge in [0.15, 0.2) is 5.79 Å². The molecule has 3 fully saturated rings. The van der Waals surface area contributed by atoms with E-state index in [1.807, 2.05) is 0 Å². The van der Waals surface area contributed by atoms with Crippen LogP contribution in [0.2, 0.25) is 0 Å². The van der Waals surface area contributed by atoms with Crippen molar-refractivity contribution < 1.29 is 14.3 Å². The molecule has 1 N–H and O–H groups in total. The minimum absolute atomic E-state index is 0.111. The standard InChI is InChI=1S/C11H17NO3/c13-9-6-10(8-12-9)2-1-3-11(7-10)14-4-5-15-11/h1-8H2,(H,12,13). The average molecular weight is 211 g/mol. The van der Waals surface area contributed by atoms with Gasteiger partial charge in [0.1, 0.15) is 0 Å². The van der Waals surface area contributed by atoms with Crippen molar-refractivity contribution in [1.82, 2.24) is 5.32 Å². The second kappa shape index (κ2) is 3.19. The molecule has 2 heterocycles. The van der Waals surface area contributed by atoms with Crippen LogP contribution < -0.4 is 5.32 Å². The van der Waals surface area contributed by atoms with E-state index in [0.29, 0.717) is 19.6 Å². The molecule has 3 rings (SSSR count). The molecule has 4 heteroatoms. The van der Waals surface area contributed by atoms with Crippen molar-refractivity contribution in [3.63, 3.8) is 0 Å². The lowest BCUT2D eigenvalue weighted by Gasteiger charge is -2.41. The molecule has 0 bridgehead atoms. The van der Waals surface area contributed by atoms with Crippen LogP contribution in [-0.4, -0.2) is 31.5 Å². The Balaban J connectivity index is 1.78. The van der Waals surface area contributed by atoms with Crippen molar-refractivity contribution in [2.24, 2.45) is 5.41 Å². The van der Waals surface area contributed by atoms with Crippen molar-refractivity contribution >= 4 is 5.91 Å². The Morgan fingerprint density at radius 1 is 1.20 bits per heavy atom. The maximum atomic E-state index is 11.3. The molecule has 1 amide bonds. The van der Waals surface area contributed by atoms with Crippen molar-refractivity contribution in [1.29, 1.82) is 0 Å². The molecule has 15 heavy (non-hydrogen) atoms. The van der Waals surface area contributed by atoms with E-state index >= 15 is 0 Å². The third-order valence-corrected chi connectivity index (χ3v) is 3.92. The first kappa shape index (κ1) is 9.60. The van der Waals surface area contributed by atoms with Gasteiger partial charge >= 0.3 is 0 Å². The Hall–Kier alpha value is -0.610. The molecule has 3 aliphatic rings. The smallest absolute Gasteiger partial charge is 0.220 e. The largest absolute Gasteiger partial charge is 0.356 e. The van der Waals surface area contributed by atoms with Crippen molar-refractivity contribution in [2.45, 2.75) is 37.9 Å². The summed E-state index contributed by atoms with van der Waals surface area (Å²) in [6.45, 7) is 2.22. The average Bonchev–Trinajstić information content (AvgIpc) is 2.76. The zero-order valence-corrected chi connectivity index (χ0v) is 8.88. The molecule has 1 atom stereocenters. The molecule has 1 aliphatic carbocycles. The van der Waals surface area contributed by atoms with Crippen molar-refractivity contribution in [3.8, 4) is 0 Å². The van der Waals surface area contributed by atoms with E-state index in [2.05, 4.69) is 5.32 Å². The highest BCUT2D eigenvalue weighted by atomic mass is 16.7. The molecule has 4 nitrogen and oxygen atoms in total. The van der Waals surface area contributed by atoms with Gasteiger partial charge in [0.25, 0.3) is 0 Å². The monoisotopic (exact) mass is 211 g/mol. The predicted octanol–water partition coefficient (Wildman–Crippen LogP) is 0.810. The number of carbonyl (C=O) groups excluding carboxylic acids is 1. The van der Waals surface area contributed by atoms with Gasteiger partial charge in [-0.2, -0.15) is 0 Å². The van der Waals surface area contributed by atoms with Gasteiger partial charge in [-0.05, 0) is 12.8 Å². The van der Waals surface area contributed by atoms with E-state index in [4.69, 9.17) is 9.47 Å². The SMILES string of the molecule is O=C1CC2(CCCC3(C2)OCCO3)CN1. The minimum Gasteiger partial charge on any atom is -0.356 e. The molecule has 0 aromatic carbocycles. The van der Waals surface area contributed by atoms with Crippen LogP contribution in [0, 0.1) is 5.41 Å². The fraction of sp³-hybridized carbons (Fsp3) is 0.909. The summed E-state index contributed by atoms with van der Waals surface area (Å²) in [5, 5.41) is 2.94. The maximum Gasteiger partial charge on any atom is 0.220 e. The summed E-state index contributed by atoms with van der Waals surface area (Å²) in [6, 6.07) is 0. The van der Waals surface area contributed by atoms with Crippen LogP contribution in [0.5, 0.6) is 0 Å². The summed E-state index contributed by atoms with van der Waals surface area (Å²) in [7, 11) is 0. The second-order valence-electron chi connectivity index (χ2n) is 5.09. The van der Waals surface area contributed by atoms with Gasteiger partial charge in [0, 0.05) is 31.2 Å². The molecule has 1 saturated carbocycles. The highest BCUT2D eigenvalue weighted by Crippen LogP contribution is 2.48. The number of ether oxygens (including phenoxy) is 2. The quantitative estimate of drug-likeness (QED) is 0.645. The lowest BCUT2D eigenvalue weighted by Crippen LogP contribution is -2.43.